The minimum absolute atomic E-state index is 0.205. The van der Waals surface area contributed by atoms with Crippen molar-refractivity contribution in [3.63, 3.8) is 0 Å². The van der Waals surface area contributed by atoms with Gasteiger partial charge in [-0.25, -0.2) is 0 Å². The van der Waals surface area contributed by atoms with E-state index in [2.05, 4.69) is 24.8 Å². The van der Waals surface area contributed by atoms with Gasteiger partial charge in [-0.3, -0.25) is 4.79 Å². The van der Waals surface area contributed by atoms with Gasteiger partial charge < -0.3 is 4.90 Å². The molecule has 0 N–H and O–H groups in total. The lowest BCUT2D eigenvalue weighted by Crippen LogP contribution is -2.47. The topological polar surface area (TPSA) is 20.3 Å². The van der Waals surface area contributed by atoms with Gasteiger partial charge in [-0.05, 0) is 58.6 Å². The molecule has 0 aromatic heterocycles. The monoisotopic (exact) mass is 245 g/mol. The Morgan fingerprint density at radius 2 is 1.78 bits per heavy atom. The van der Waals surface area contributed by atoms with Crippen molar-refractivity contribution in [2.75, 3.05) is 0 Å². The van der Waals surface area contributed by atoms with Gasteiger partial charge in [0, 0.05) is 17.6 Å². The van der Waals surface area contributed by atoms with Gasteiger partial charge in [0.05, 0.1) is 0 Å². The van der Waals surface area contributed by atoms with Gasteiger partial charge >= 0.3 is 0 Å². The largest absolute Gasteiger partial charge is 0.333 e. The van der Waals surface area contributed by atoms with Crippen molar-refractivity contribution in [3.05, 3.63) is 34.9 Å². The maximum Gasteiger partial charge on any atom is 0.254 e. The molecule has 1 fully saturated rings. The van der Waals surface area contributed by atoms with Gasteiger partial charge in [-0.1, -0.05) is 17.7 Å². The number of carbonyl (C=O) groups is 1. The Hall–Kier alpha value is -1.31. The zero-order chi connectivity index (χ0) is 13.3. The molecule has 0 bridgehead atoms. The van der Waals surface area contributed by atoms with Gasteiger partial charge in [0.25, 0.3) is 5.91 Å². The number of amides is 1. The number of benzene rings is 1. The third-order valence-corrected chi connectivity index (χ3v) is 4.05. The summed E-state index contributed by atoms with van der Waals surface area (Å²) in [6, 6.07) is 6.85. The number of piperidine rings is 1. The standard InChI is InChI=1S/C16H23NO/c1-11-8-9-12(2)15(10-11)16(18)17-13(3)6-5-7-14(17)4/h8-10,13-14H,5-7H2,1-4H3/t13-,14-/m0/s1. The van der Waals surface area contributed by atoms with E-state index < -0.39 is 0 Å². The highest BCUT2D eigenvalue weighted by molar-refractivity contribution is 5.96. The second-order valence-corrected chi connectivity index (χ2v) is 5.66. The highest BCUT2D eigenvalue weighted by Gasteiger charge is 2.30. The van der Waals surface area contributed by atoms with Crippen molar-refractivity contribution in [1.29, 1.82) is 0 Å². The Labute approximate surface area is 110 Å². The van der Waals surface area contributed by atoms with Crippen LogP contribution < -0.4 is 0 Å². The van der Waals surface area contributed by atoms with E-state index in [0.29, 0.717) is 12.1 Å². The molecule has 0 unspecified atom stereocenters. The first-order chi connectivity index (χ1) is 8.50. The van der Waals surface area contributed by atoms with E-state index in [-0.39, 0.29) is 5.91 Å². The van der Waals surface area contributed by atoms with E-state index >= 15 is 0 Å². The predicted octanol–water partition coefficient (Wildman–Crippen LogP) is 3.71. The molecule has 1 aromatic carbocycles. The molecule has 2 heteroatoms. The molecule has 1 heterocycles. The smallest absolute Gasteiger partial charge is 0.254 e. The lowest BCUT2D eigenvalue weighted by molar-refractivity contribution is 0.0510. The molecule has 0 radical (unpaired) electrons. The van der Waals surface area contributed by atoms with E-state index in [1.165, 1.54) is 6.42 Å². The summed E-state index contributed by atoms with van der Waals surface area (Å²) >= 11 is 0. The van der Waals surface area contributed by atoms with Gasteiger partial charge in [0.1, 0.15) is 0 Å². The van der Waals surface area contributed by atoms with Crippen LogP contribution in [0.25, 0.3) is 0 Å². The fourth-order valence-electron chi connectivity index (χ4n) is 2.93. The van der Waals surface area contributed by atoms with Crippen molar-refractivity contribution < 1.29 is 4.79 Å². The maximum atomic E-state index is 12.7. The van der Waals surface area contributed by atoms with E-state index in [4.69, 9.17) is 0 Å². The van der Waals surface area contributed by atoms with Crippen molar-refractivity contribution in [1.82, 2.24) is 4.90 Å². The van der Waals surface area contributed by atoms with Gasteiger partial charge in [0.2, 0.25) is 0 Å². The van der Waals surface area contributed by atoms with Gasteiger partial charge in [0.15, 0.2) is 0 Å². The third kappa shape index (κ3) is 2.43. The number of rotatable bonds is 1. The molecule has 2 rings (SSSR count). The summed E-state index contributed by atoms with van der Waals surface area (Å²) in [5.74, 6) is 0.205. The summed E-state index contributed by atoms with van der Waals surface area (Å²) in [5, 5.41) is 0. The zero-order valence-corrected chi connectivity index (χ0v) is 11.9. The van der Waals surface area contributed by atoms with Crippen LogP contribution in [0.1, 0.15) is 54.6 Å². The maximum absolute atomic E-state index is 12.7. The van der Waals surface area contributed by atoms with Crippen LogP contribution in [0.3, 0.4) is 0 Å². The summed E-state index contributed by atoms with van der Waals surface area (Å²) in [7, 11) is 0. The summed E-state index contributed by atoms with van der Waals surface area (Å²) < 4.78 is 0. The van der Waals surface area contributed by atoms with Crippen LogP contribution in [0.4, 0.5) is 0 Å². The predicted molar refractivity (Wildman–Crippen MR) is 74.9 cm³/mol. The number of hydrogen-bond acceptors (Lipinski definition) is 1. The SMILES string of the molecule is Cc1ccc(C)c(C(=O)N2[C@@H](C)CCC[C@@H]2C)c1. The van der Waals surface area contributed by atoms with E-state index in [0.717, 1.165) is 29.5 Å². The lowest BCUT2D eigenvalue weighted by atomic mass is 9.95. The van der Waals surface area contributed by atoms with Crippen LogP contribution in [0, 0.1) is 13.8 Å². The molecule has 0 spiro atoms. The number of likely N-dealkylation sites (tertiary alicyclic amines) is 1. The molecule has 1 amide bonds. The summed E-state index contributed by atoms with van der Waals surface area (Å²) in [6.07, 6.45) is 3.49. The molecule has 1 aromatic rings. The van der Waals surface area contributed by atoms with E-state index in [1.54, 1.807) is 0 Å². The second kappa shape index (κ2) is 5.13. The van der Waals surface area contributed by atoms with Crippen molar-refractivity contribution >= 4 is 5.91 Å². The van der Waals surface area contributed by atoms with Gasteiger partial charge in [-0.2, -0.15) is 0 Å². The fourth-order valence-corrected chi connectivity index (χ4v) is 2.93. The lowest BCUT2D eigenvalue weighted by Gasteiger charge is -2.39. The van der Waals surface area contributed by atoms with Crippen LogP contribution in [0.5, 0.6) is 0 Å². The average Bonchev–Trinajstić information content (AvgIpc) is 2.32. The number of nitrogens with zero attached hydrogens (tertiary/aromatic N) is 1. The number of aryl methyl sites for hydroxylation is 2. The van der Waals surface area contributed by atoms with Crippen molar-refractivity contribution in [2.24, 2.45) is 0 Å². The Morgan fingerprint density at radius 3 is 2.39 bits per heavy atom. The molecule has 98 valence electrons. The van der Waals surface area contributed by atoms with Crippen LogP contribution in [-0.4, -0.2) is 22.9 Å². The molecule has 2 atom stereocenters. The highest BCUT2D eigenvalue weighted by atomic mass is 16.2. The minimum Gasteiger partial charge on any atom is -0.333 e. The van der Waals surface area contributed by atoms with Gasteiger partial charge in [-0.15, -0.1) is 0 Å². The molecular weight excluding hydrogens is 222 g/mol. The van der Waals surface area contributed by atoms with Crippen LogP contribution in [0.15, 0.2) is 18.2 Å². The molecule has 1 saturated heterocycles. The molecular formula is C16H23NO. The van der Waals surface area contributed by atoms with Crippen LogP contribution >= 0.6 is 0 Å². The second-order valence-electron chi connectivity index (χ2n) is 5.66. The van der Waals surface area contributed by atoms with Crippen LogP contribution in [0.2, 0.25) is 0 Å². The van der Waals surface area contributed by atoms with E-state index in [1.807, 2.05) is 26.0 Å². The van der Waals surface area contributed by atoms with Crippen molar-refractivity contribution in [3.8, 4) is 0 Å². The third-order valence-electron chi connectivity index (χ3n) is 4.05. The molecule has 18 heavy (non-hydrogen) atoms. The van der Waals surface area contributed by atoms with E-state index in [9.17, 15) is 4.79 Å². The first kappa shape index (κ1) is 13.1. The molecule has 0 aliphatic carbocycles. The molecule has 1 aliphatic heterocycles. The van der Waals surface area contributed by atoms with Crippen LogP contribution in [-0.2, 0) is 0 Å². The summed E-state index contributed by atoms with van der Waals surface area (Å²) in [5.41, 5.74) is 3.10. The Bertz CT molecular complexity index is 442. The normalized spacial score (nSPS) is 24.1. The highest BCUT2D eigenvalue weighted by Crippen LogP contribution is 2.25. The first-order valence-electron chi connectivity index (χ1n) is 6.90. The number of carbonyl (C=O) groups excluding carboxylic acids is 1. The molecule has 1 aliphatic rings. The average molecular weight is 245 g/mol. The minimum atomic E-state index is 0.205. The summed E-state index contributed by atoms with van der Waals surface area (Å²) in [4.78, 5) is 14.8. The molecule has 0 saturated carbocycles. The zero-order valence-electron chi connectivity index (χ0n) is 11.9. The number of hydrogen-bond donors (Lipinski definition) is 0. The fraction of sp³-hybridized carbons (Fsp3) is 0.562. The van der Waals surface area contributed by atoms with Crippen molar-refractivity contribution in [2.45, 2.75) is 59.0 Å². The Morgan fingerprint density at radius 1 is 1.17 bits per heavy atom. The molecule has 2 nitrogen and oxygen atoms in total. The Balaban J connectivity index is 2.32. The first-order valence-corrected chi connectivity index (χ1v) is 6.90. The Kier molecular flexibility index (Phi) is 3.74. The quantitative estimate of drug-likeness (QED) is 0.738. The summed E-state index contributed by atoms with van der Waals surface area (Å²) in [6.45, 7) is 8.39.